The van der Waals surface area contributed by atoms with Crippen LogP contribution in [0.3, 0.4) is 0 Å². The standard InChI is InChI=1S/C48H89N15O13/c1-25(2)21-33(44(72)56-28(7)39(67)57-30(14-9-11-19-50)42(70)63-36(47(75)76)23-27(5)6)61-41(69)31(15-12-20-55-48(53)54)58-43(71)32(16-17-38(65)66)59-46(74)35(24-37(52)64)62-45(73)34(22-26(3)4)60-40(68)29(51)13-8-10-18-49/h25-36H,8-24,49-51H2,1-7H3,(H2,52,64)(H,56,72)(H,57,67)(H,58,71)(H,59,74)(H,60,68)(H,61,69)(H,62,73)(H,63,70)(H,65,66)(H,75,76)(H4,53,54,55)/t28-,29-,30-,31-,32-,33-,34-,35-,36-/m0/s1. The number of carbonyl (C=O) groups excluding carboxylic acids is 9. The summed E-state index contributed by atoms with van der Waals surface area (Å²) in [4.78, 5) is 149. The summed E-state index contributed by atoms with van der Waals surface area (Å²) in [7, 11) is 0. The Hall–Kier alpha value is -6.68. The summed E-state index contributed by atoms with van der Waals surface area (Å²) in [5.74, 6) is -11.6. The van der Waals surface area contributed by atoms with Crippen LogP contribution in [0.15, 0.2) is 4.99 Å². The molecule has 9 atom stereocenters. The maximum Gasteiger partial charge on any atom is 0.326 e. The van der Waals surface area contributed by atoms with Crippen LogP contribution in [0.1, 0.15) is 138 Å². The summed E-state index contributed by atoms with van der Waals surface area (Å²) in [5.41, 5.74) is 33.6. The second kappa shape index (κ2) is 37.1. The number of nitrogens with two attached hydrogens (primary N) is 6. The Morgan fingerprint density at radius 3 is 1.25 bits per heavy atom. The van der Waals surface area contributed by atoms with Crippen molar-refractivity contribution in [2.45, 2.75) is 193 Å². The van der Waals surface area contributed by atoms with Crippen LogP contribution in [0, 0.1) is 17.8 Å². The molecule has 0 aromatic heterocycles. The zero-order valence-electron chi connectivity index (χ0n) is 45.2. The van der Waals surface area contributed by atoms with E-state index in [1.165, 1.54) is 6.92 Å². The number of primary amides is 1. The van der Waals surface area contributed by atoms with Crippen LogP contribution in [0.4, 0.5) is 0 Å². The van der Waals surface area contributed by atoms with Crippen LogP contribution >= 0.6 is 0 Å². The average molecular weight is 1080 g/mol. The molecule has 0 saturated carbocycles. The molecule has 0 aliphatic rings. The predicted octanol–water partition coefficient (Wildman–Crippen LogP) is -3.51. The first-order valence-electron chi connectivity index (χ1n) is 25.9. The van der Waals surface area contributed by atoms with Crippen molar-refractivity contribution in [3.8, 4) is 0 Å². The molecule has 0 radical (unpaired) electrons. The molecule has 0 spiro atoms. The van der Waals surface area contributed by atoms with Crippen molar-refractivity contribution >= 4 is 71.1 Å². The highest BCUT2D eigenvalue weighted by Gasteiger charge is 2.35. The Labute approximate surface area is 445 Å². The fraction of sp³-hybridized carbons (Fsp3) is 0.750. The van der Waals surface area contributed by atoms with Gasteiger partial charge in [-0.25, -0.2) is 4.79 Å². The summed E-state index contributed by atoms with van der Waals surface area (Å²) in [6.45, 7) is 12.6. The first kappa shape index (κ1) is 69.3. The summed E-state index contributed by atoms with van der Waals surface area (Å²) < 4.78 is 0. The lowest BCUT2D eigenvalue weighted by Gasteiger charge is -2.28. The van der Waals surface area contributed by atoms with Gasteiger partial charge in [-0.1, -0.05) is 48.0 Å². The van der Waals surface area contributed by atoms with Crippen molar-refractivity contribution in [2.75, 3.05) is 19.6 Å². The van der Waals surface area contributed by atoms with Gasteiger partial charge in [-0.3, -0.25) is 52.9 Å². The van der Waals surface area contributed by atoms with E-state index >= 15 is 0 Å². The molecule has 22 N–H and O–H groups in total. The lowest BCUT2D eigenvalue weighted by Crippen LogP contribution is -2.60. The number of carboxylic acid groups (broad SMARTS) is 2. The smallest absolute Gasteiger partial charge is 0.326 e. The van der Waals surface area contributed by atoms with Gasteiger partial charge in [-0.05, 0) is 108 Å². The molecule has 0 unspecified atom stereocenters. The first-order chi connectivity index (χ1) is 35.5. The summed E-state index contributed by atoms with van der Waals surface area (Å²) in [5, 5.41) is 39.3. The number of carbonyl (C=O) groups is 11. The van der Waals surface area contributed by atoms with Crippen LogP contribution < -0.4 is 76.9 Å². The number of unbranched alkanes of at least 4 members (excludes halogenated alkanes) is 2. The third-order valence-corrected chi connectivity index (χ3v) is 11.5. The van der Waals surface area contributed by atoms with E-state index in [1.54, 1.807) is 41.5 Å². The van der Waals surface area contributed by atoms with Crippen LogP contribution in [-0.2, 0) is 52.7 Å². The third-order valence-electron chi connectivity index (χ3n) is 11.5. The van der Waals surface area contributed by atoms with Crippen molar-refractivity contribution in [1.82, 2.24) is 42.5 Å². The summed E-state index contributed by atoms with van der Waals surface area (Å²) in [6.07, 6.45) is 0.472. The second-order valence-corrected chi connectivity index (χ2v) is 20.1. The molecular weight excluding hydrogens is 995 g/mol. The minimum atomic E-state index is -1.74. The highest BCUT2D eigenvalue weighted by Crippen LogP contribution is 2.12. The predicted molar refractivity (Wildman–Crippen MR) is 281 cm³/mol. The molecule has 9 amide bonds. The fourth-order valence-corrected chi connectivity index (χ4v) is 7.54. The zero-order valence-corrected chi connectivity index (χ0v) is 45.2. The van der Waals surface area contributed by atoms with Gasteiger partial charge in [0.1, 0.15) is 48.3 Å². The lowest BCUT2D eigenvalue weighted by atomic mass is 10.0. The third kappa shape index (κ3) is 30.0. The number of carboxylic acids is 2. The molecule has 0 saturated heterocycles. The van der Waals surface area contributed by atoms with Gasteiger partial charge < -0.3 is 87.1 Å². The molecule has 76 heavy (non-hydrogen) atoms. The molecule has 28 nitrogen and oxygen atoms in total. The van der Waals surface area contributed by atoms with Gasteiger partial charge in [0.25, 0.3) is 0 Å². The van der Waals surface area contributed by atoms with E-state index in [1.807, 2.05) is 0 Å². The van der Waals surface area contributed by atoms with E-state index in [0.717, 1.165) is 0 Å². The van der Waals surface area contributed by atoms with E-state index in [0.29, 0.717) is 38.8 Å². The zero-order chi connectivity index (χ0) is 58.2. The highest BCUT2D eigenvalue weighted by molar-refractivity contribution is 5.99. The average Bonchev–Trinajstić information content (AvgIpc) is 3.31. The molecule has 0 fully saturated rings. The van der Waals surface area contributed by atoms with Gasteiger partial charge in [-0.2, -0.15) is 0 Å². The van der Waals surface area contributed by atoms with Gasteiger partial charge in [0, 0.05) is 13.0 Å². The molecule has 434 valence electrons. The number of aliphatic carboxylic acids is 2. The number of amides is 9. The van der Waals surface area contributed by atoms with Crippen LogP contribution in [0.2, 0.25) is 0 Å². The Bertz CT molecular complexity index is 1950. The Morgan fingerprint density at radius 1 is 0.434 bits per heavy atom. The highest BCUT2D eigenvalue weighted by atomic mass is 16.4. The minimum Gasteiger partial charge on any atom is -0.481 e. The van der Waals surface area contributed by atoms with E-state index < -0.39 is 139 Å². The molecule has 0 aliphatic heterocycles. The van der Waals surface area contributed by atoms with Crippen LogP contribution in [0.5, 0.6) is 0 Å². The first-order valence-corrected chi connectivity index (χ1v) is 25.9. The van der Waals surface area contributed by atoms with E-state index in [-0.39, 0.29) is 75.2 Å². The van der Waals surface area contributed by atoms with Crippen molar-refractivity contribution in [3.05, 3.63) is 0 Å². The van der Waals surface area contributed by atoms with E-state index in [9.17, 15) is 63.0 Å². The van der Waals surface area contributed by atoms with Gasteiger partial charge in [-0.15, -0.1) is 0 Å². The molecular formula is C48H89N15O13. The number of nitrogens with zero attached hydrogens (tertiary/aromatic N) is 1. The number of hydrogen-bond acceptors (Lipinski definition) is 15. The largest absolute Gasteiger partial charge is 0.481 e. The van der Waals surface area contributed by atoms with Crippen molar-refractivity contribution in [2.24, 2.45) is 57.1 Å². The molecule has 28 heteroatoms. The second-order valence-electron chi connectivity index (χ2n) is 20.1. The minimum absolute atomic E-state index is 0.00466. The number of nitrogens with one attached hydrogen (secondary N) is 8. The van der Waals surface area contributed by atoms with Crippen molar-refractivity contribution in [3.63, 3.8) is 0 Å². The molecule has 0 rings (SSSR count). The van der Waals surface area contributed by atoms with Gasteiger partial charge >= 0.3 is 11.9 Å². The van der Waals surface area contributed by atoms with Crippen LogP contribution in [-0.4, -0.2) is 155 Å². The Morgan fingerprint density at radius 2 is 0.803 bits per heavy atom. The lowest BCUT2D eigenvalue weighted by molar-refractivity contribution is -0.143. The van der Waals surface area contributed by atoms with Crippen molar-refractivity contribution < 1.29 is 63.0 Å². The quantitative estimate of drug-likeness (QED) is 0.0161. The molecule has 0 aromatic carbocycles. The van der Waals surface area contributed by atoms with Crippen molar-refractivity contribution in [1.29, 1.82) is 0 Å². The molecule has 0 bridgehead atoms. The Balaban J connectivity index is 6.73. The normalized spacial score (nSPS) is 14.8. The number of hydrogen-bond donors (Lipinski definition) is 16. The monoisotopic (exact) mass is 1080 g/mol. The maximum atomic E-state index is 14.2. The van der Waals surface area contributed by atoms with E-state index in [4.69, 9.17) is 34.4 Å². The van der Waals surface area contributed by atoms with Gasteiger partial charge in [0.05, 0.1) is 12.5 Å². The maximum absolute atomic E-state index is 14.2. The SMILES string of the molecule is CC(C)C[C@H](NC(=O)[C@H](CCCCN)NC(=O)[C@H](C)NC(=O)[C@H](CC(C)C)NC(=O)[C@H](CCCN=C(N)N)NC(=O)[C@H](CCC(=O)O)NC(=O)[C@H](CC(N)=O)NC(=O)[C@H](CC(C)C)NC(=O)[C@@H](N)CCCCN)C(=O)O. The van der Waals surface area contributed by atoms with Gasteiger partial charge in [0.2, 0.25) is 53.2 Å². The fourth-order valence-electron chi connectivity index (χ4n) is 7.54. The van der Waals surface area contributed by atoms with E-state index in [2.05, 4.69) is 47.5 Å². The number of rotatable bonds is 40. The Kier molecular flexibility index (Phi) is 33.9. The molecule has 0 aromatic rings. The number of aliphatic imine (C=N–C) groups is 1. The summed E-state index contributed by atoms with van der Waals surface area (Å²) in [6, 6.07) is -12.3. The number of guanidine groups is 1. The van der Waals surface area contributed by atoms with Gasteiger partial charge in [0.15, 0.2) is 5.96 Å². The van der Waals surface area contributed by atoms with Crippen LogP contribution in [0.25, 0.3) is 0 Å². The summed E-state index contributed by atoms with van der Waals surface area (Å²) >= 11 is 0. The topological polar surface area (TPSA) is 493 Å². The molecule has 0 heterocycles. The molecule has 0 aliphatic carbocycles.